The smallest absolute Gasteiger partial charge is 0.266 e. The van der Waals surface area contributed by atoms with Crippen molar-refractivity contribution in [3.05, 3.63) is 64.7 Å². The second kappa shape index (κ2) is 4.12. The monoisotopic (exact) mass is 314 g/mol. The van der Waals surface area contributed by atoms with Crippen LogP contribution in [0.15, 0.2) is 42.5 Å². The number of ether oxygens (including phenoxy) is 1. The van der Waals surface area contributed by atoms with Gasteiger partial charge in [0.2, 0.25) is 4.87 Å². The van der Waals surface area contributed by atoms with Crippen molar-refractivity contribution in [2.75, 3.05) is 0 Å². The summed E-state index contributed by atoms with van der Waals surface area (Å²) in [6.45, 7) is 4.15. The maximum Gasteiger partial charge on any atom is 0.266 e. The number of benzene rings is 2. The van der Waals surface area contributed by atoms with Crippen molar-refractivity contribution in [3.8, 4) is 5.75 Å². The van der Waals surface area contributed by atoms with Gasteiger partial charge in [-0.15, -0.1) is 0 Å². The molecule has 1 N–H and O–H groups in total. The first kappa shape index (κ1) is 13.8. The summed E-state index contributed by atoms with van der Waals surface area (Å²) in [7, 11) is 0. The molecular weight excluding hydrogens is 300 g/mol. The van der Waals surface area contributed by atoms with Gasteiger partial charge < -0.3 is 9.84 Å². The Morgan fingerprint density at radius 3 is 2.59 bits per heavy atom. The molecule has 0 radical (unpaired) electrons. The van der Waals surface area contributed by atoms with E-state index in [4.69, 9.17) is 16.3 Å². The Bertz CT molecular complexity index is 814. The number of Topliss-reactive ketones (excluding diaryl/α,β-unsaturated/α-hetero) is 1. The van der Waals surface area contributed by atoms with Gasteiger partial charge in [0.05, 0.1) is 0 Å². The van der Waals surface area contributed by atoms with Crippen molar-refractivity contribution >= 4 is 17.4 Å². The summed E-state index contributed by atoms with van der Waals surface area (Å²) < 4.78 is 5.81. The molecule has 0 unspecified atom stereocenters. The molecule has 2 aromatic rings. The van der Waals surface area contributed by atoms with E-state index in [9.17, 15) is 9.90 Å². The maximum atomic E-state index is 12.8. The first-order chi connectivity index (χ1) is 10.4. The van der Waals surface area contributed by atoms with E-state index in [0.717, 1.165) is 5.56 Å². The van der Waals surface area contributed by atoms with Gasteiger partial charge in [-0.1, -0.05) is 61.8 Å². The fraction of sp³-hybridized carbons (Fsp3) is 0.278. The minimum atomic E-state index is -1.85. The molecule has 3 nitrogen and oxygen atoms in total. The van der Waals surface area contributed by atoms with E-state index in [2.05, 4.69) is 13.8 Å². The molecule has 4 heteroatoms. The van der Waals surface area contributed by atoms with Crippen LogP contribution in [0.25, 0.3) is 0 Å². The SMILES string of the molecule is CC(C)c1ccc2c(c1)O[C@@]1(O)c3ccccc3C(=O)[C@@]21Cl. The number of carbonyl (C=O) groups excluding carboxylic acids is 1. The molecule has 1 aliphatic carbocycles. The van der Waals surface area contributed by atoms with Gasteiger partial charge in [0.25, 0.3) is 5.79 Å². The Morgan fingerprint density at radius 1 is 1.14 bits per heavy atom. The second-order valence-electron chi connectivity index (χ2n) is 6.19. The molecule has 0 spiro atoms. The van der Waals surface area contributed by atoms with Gasteiger partial charge in [-0.25, -0.2) is 0 Å². The number of hydrogen-bond donors (Lipinski definition) is 1. The molecule has 0 amide bonds. The number of halogens is 1. The van der Waals surface area contributed by atoms with Crippen LogP contribution in [-0.2, 0) is 10.7 Å². The number of fused-ring (bicyclic) bond motifs is 5. The molecule has 0 bridgehead atoms. The highest BCUT2D eigenvalue weighted by molar-refractivity contribution is 6.41. The molecule has 112 valence electrons. The highest BCUT2D eigenvalue weighted by Gasteiger charge is 2.70. The topological polar surface area (TPSA) is 46.5 Å². The van der Waals surface area contributed by atoms with Crippen LogP contribution in [0.2, 0.25) is 0 Å². The lowest BCUT2D eigenvalue weighted by atomic mass is 9.90. The third kappa shape index (κ3) is 1.38. The molecule has 0 saturated heterocycles. The second-order valence-corrected chi connectivity index (χ2v) is 6.76. The Kier molecular flexibility index (Phi) is 2.58. The quantitative estimate of drug-likeness (QED) is 0.817. The van der Waals surface area contributed by atoms with Crippen LogP contribution in [0.5, 0.6) is 5.75 Å². The summed E-state index contributed by atoms with van der Waals surface area (Å²) in [6.07, 6.45) is 0. The predicted molar refractivity (Wildman–Crippen MR) is 83.4 cm³/mol. The lowest BCUT2D eigenvalue weighted by molar-refractivity contribution is -0.144. The summed E-state index contributed by atoms with van der Waals surface area (Å²) in [6, 6.07) is 12.5. The van der Waals surface area contributed by atoms with Crippen LogP contribution in [-0.4, -0.2) is 10.9 Å². The highest BCUT2D eigenvalue weighted by Crippen LogP contribution is 2.61. The third-order valence-corrected chi connectivity index (χ3v) is 5.25. The van der Waals surface area contributed by atoms with Gasteiger partial charge >= 0.3 is 0 Å². The fourth-order valence-electron chi connectivity index (χ4n) is 3.36. The number of alkyl halides is 1. The van der Waals surface area contributed by atoms with E-state index in [1.165, 1.54) is 0 Å². The Labute approximate surface area is 133 Å². The minimum Gasteiger partial charge on any atom is -0.455 e. The van der Waals surface area contributed by atoms with Crippen LogP contribution in [0, 0.1) is 0 Å². The van der Waals surface area contributed by atoms with Crippen LogP contribution in [0.4, 0.5) is 0 Å². The summed E-state index contributed by atoms with van der Waals surface area (Å²) in [5, 5.41) is 11.1. The zero-order valence-electron chi connectivity index (χ0n) is 12.3. The van der Waals surface area contributed by atoms with Gasteiger partial charge in [0.1, 0.15) is 5.75 Å². The van der Waals surface area contributed by atoms with Gasteiger partial charge in [-0.05, 0) is 17.5 Å². The van der Waals surface area contributed by atoms with Gasteiger partial charge in [-0.2, -0.15) is 0 Å². The molecule has 0 fully saturated rings. The van der Waals surface area contributed by atoms with E-state index in [1.807, 2.05) is 12.1 Å². The molecular formula is C18H15ClO3. The molecule has 1 heterocycles. The number of hydrogen-bond acceptors (Lipinski definition) is 3. The molecule has 0 aromatic heterocycles. The Hall–Kier alpha value is -1.84. The maximum absolute atomic E-state index is 12.8. The van der Waals surface area contributed by atoms with Crippen LogP contribution in [0.3, 0.4) is 0 Å². The minimum absolute atomic E-state index is 0.316. The molecule has 2 atom stereocenters. The first-order valence-electron chi connectivity index (χ1n) is 7.28. The lowest BCUT2D eigenvalue weighted by Crippen LogP contribution is -2.44. The van der Waals surface area contributed by atoms with E-state index in [1.54, 1.807) is 30.3 Å². The average Bonchev–Trinajstić information content (AvgIpc) is 2.84. The summed E-state index contributed by atoms with van der Waals surface area (Å²) in [5.74, 6) is -1.37. The van der Waals surface area contributed by atoms with Crippen LogP contribution < -0.4 is 4.74 Å². The molecule has 4 rings (SSSR count). The predicted octanol–water partition coefficient (Wildman–Crippen LogP) is 3.68. The van der Waals surface area contributed by atoms with Crippen molar-refractivity contribution in [1.29, 1.82) is 0 Å². The third-order valence-electron chi connectivity index (χ3n) is 4.62. The zero-order valence-corrected chi connectivity index (χ0v) is 13.0. The number of carbonyl (C=O) groups is 1. The van der Waals surface area contributed by atoms with E-state index in [0.29, 0.717) is 28.4 Å². The summed E-state index contributed by atoms with van der Waals surface area (Å²) in [5.41, 5.74) is 2.45. The summed E-state index contributed by atoms with van der Waals surface area (Å²) in [4.78, 5) is 11.2. The van der Waals surface area contributed by atoms with E-state index >= 15 is 0 Å². The van der Waals surface area contributed by atoms with Gasteiger partial charge in [-0.3, -0.25) is 4.79 Å². The Balaban J connectivity index is 1.97. The van der Waals surface area contributed by atoms with Crippen molar-refractivity contribution in [2.45, 2.75) is 30.4 Å². The van der Waals surface area contributed by atoms with Crippen molar-refractivity contribution < 1.29 is 14.6 Å². The van der Waals surface area contributed by atoms with Gasteiger partial charge in [0.15, 0.2) is 5.78 Å². The fourth-order valence-corrected chi connectivity index (χ4v) is 3.76. The van der Waals surface area contributed by atoms with Gasteiger partial charge in [0, 0.05) is 16.7 Å². The van der Waals surface area contributed by atoms with Crippen LogP contribution in [0.1, 0.15) is 46.8 Å². The molecule has 0 saturated carbocycles. The molecule has 22 heavy (non-hydrogen) atoms. The summed E-state index contributed by atoms with van der Waals surface area (Å²) >= 11 is 6.66. The number of rotatable bonds is 1. The highest BCUT2D eigenvalue weighted by atomic mass is 35.5. The lowest BCUT2D eigenvalue weighted by Gasteiger charge is -2.28. The largest absolute Gasteiger partial charge is 0.455 e. The zero-order chi connectivity index (χ0) is 15.7. The molecule has 1 aliphatic heterocycles. The molecule has 2 aliphatic rings. The number of ketones is 1. The average molecular weight is 315 g/mol. The Morgan fingerprint density at radius 2 is 1.86 bits per heavy atom. The standard InChI is InChI=1S/C18H15ClO3/c1-10(2)11-7-8-14-15(9-11)22-18(21)13-6-4-3-5-12(13)16(20)17(14,18)19/h3-10,21H,1-2H3/t17-,18-/m0/s1. The molecule has 2 aromatic carbocycles. The first-order valence-corrected chi connectivity index (χ1v) is 7.66. The van der Waals surface area contributed by atoms with Crippen LogP contribution >= 0.6 is 11.6 Å². The van der Waals surface area contributed by atoms with E-state index in [-0.39, 0.29) is 5.78 Å². The normalized spacial score (nSPS) is 28.3. The van der Waals surface area contributed by atoms with Crippen molar-refractivity contribution in [2.24, 2.45) is 0 Å². The van der Waals surface area contributed by atoms with Crippen molar-refractivity contribution in [3.63, 3.8) is 0 Å². The van der Waals surface area contributed by atoms with Crippen molar-refractivity contribution in [1.82, 2.24) is 0 Å². The van der Waals surface area contributed by atoms with E-state index < -0.39 is 10.7 Å². The number of aliphatic hydroxyl groups is 1.